The van der Waals surface area contributed by atoms with Gasteiger partial charge in [0.15, 0.2) is 0 Å². The fourth-order valence-electron chi connectivity index (χ4n) is 3.62. The number of nitrogens with zero attached hydrogens (tertiary/aromatic N) is 1. The molecule has 1 unspecified atom stereocenters. The molecule has 1 heterocycles. The number of nitrogens with one attached hydrogen (secondary N) is 1. The summed E-state index contributed by atoms with van der Waals surface area (Å²) in [6, 6.07) is 1.52. The molecule has 3 heteroatoms. The van der Waals surface area contributed by atoms with Gasteiger partial charge in [0.1, 0.15) is 0 Å². The Kier molecular flexibility index (Phi) is 3.92. The molecular weight excluding hydrogens is 224 g/mol. The van der Waals surface area contributed by atoms with Crippen LogP contribution < -0.4 is 5.32 Å². The number of rotatable bonds is 4. The van der Waals surface area contributed by atoms with Crippen LogP contribution >= 0.6 is 0 Å². The lowest BCUT2D eigenvalue weighted by Gasteiger charge is -2.28. The largest absolute Gasteiger partial charge is 0.389 e. The van der Waals surface area contributed by atoms with Gasteiger partial charge in [-0.05, 0) is 32.1 Å². The van der Waals surface area contributed by atoms with Gasteiger partial charge < -0.3 is 10.4 Å². The summed E-state index contributed by atoms with van der Waals surface area (Å²) in [6.07, 6.45) is 11.1. The smallest absolute Gasteiger partial charge is 0.0771 e. The Labute approximate surface area is 111 Å². The predicted molar refractivity (Wildman–Crippen MR) is 73.7 cm³/mol. The summed E-state index contributed by atoms with van der Waals surface area (Å²) in [7, 11) is 0. The maximum Gasteiger partial charge on any atom is 0.0771 e. The van der Waals surface area contributed by atoms with Crippen LogP contribution in [0.4, 0.5) is 0 Å². The van der Waals surface area contributed by atoms with Crippen molar-refractivity contribution < 1.29 is 5.11 Å². The molecule has 2 aliphatic carbocycles. The van der Waals surface area contributed by atoms with Gasteiger partial charge in [-0.3, -0.25) is 4.90 Å². The van der Waals surface area contributed by atoms with Gasteiger partial charge in [0.05, 0.1) is 5.60 Å². The first-order valence-corrected chi connectivity index (χ1v) is 7.95. The van der Waals surface area contributed by atoms with Crippen molar-refractivity contribution in [2.45, 2.75) is 75.5 Å². The monoisotopic (exact) mass is 252 g/mol. The molecule has 3 fully saturated rings. The van der Waals surface area contributed by atoms with E-state index in [0.29, 0.717) is 6.04 Å². The maximum atomic E-state index is 10.6. The van der Waals surface area contributed by atoms with Gasteiger partial charge in [0.25, 0.3) is 0 Å². The van der Waals surface area contributed by atoms with E-state index >= 15 is 0 Å². The molecule has 1 atom stereocenters. The first kappa shape index (κ1) is 12.9. The van der Waals surface area contributed by atoms with E-state index in [0.717, 1.165) is 25.4 Å². The quantitative estimate of drug-likeness (QED) is 0.750. The average Bonchev–Trinajstić information content (AvgIpc) is 3.14. The predicted octanol–water partition coefficient (Wildman–Crippen LogP) is 1.90. The van der Waals surface area contributed by atoms with Gasteiger partial charge in [0.2, 0.25) is 0 Å². The summed E-state index contributed by atoms with van der Waals surface area (Å²) in [5, 5.41) is 14.3. The molecule has 0 aromatic rings. The lowest BCUT2D eigenvalue weighted by atomic mass is 9.94. The van der Waals surface area contributed by atoms with Crippen LogP contribution in [-0.2, 0) is 0 Å². The second kappa shape index (κ2) is 5.48. The molecule has 1 aliphatic heterocycles. The van der Waals surface area contributed by atoms with Crippen LogP contribution in [-0.4, -0.2) is 47.3 Å². The van der Waals surface area contributed by atoms with E-state index in [2.05, 4.69) is 10.2 Å². The molecule has 1 saturated heterocycles. The molecular formula is C15H28N2O. The van der Waals surface area contributed by atoms with Gasteiger partial charge in [-0.25, -0.2) is 0 Å². The molecule has 18 heavy (non-hydrogen) atoms. The fourth-order valence-corrected chi connectivity index (χ4v) is 3.62. The lowest BCUT2D eigenvalue weighted by Crippen LogP contribution is -2.45. The van der Waals surface area contributed by atoms with Crippen LogP contribution in [0.15, 0.2) is 0 Å². The molecule has 2 N–H and O–H groups in total. The van der Waals surface area contributed by atoms with Crippen molar-refractivity contribution in [3.05, 3.63) is 0 Å². The van der Waals surface area contributed by atoms with E-state index in [1.54, 1.807) is 0 Å². The number of hydrogen-bond donors (Lipinski definition) is 2. The van der Waals surface area contributed by atoms with Crippen LogP contribution in [0, 0.1) is 0 Å². The minimum atomic E-state index is -0.413. The van der Waals surface area contributed by atoms with Gasteiger partial charge in [-0.15, -0.1) is 0 Å². The lowest BCUT2D eigenvalue weighted by molar-refractivity contribution is 0.0229. The Hall–Kier alpha value is -0.120. The third-order valence-corrected chi connectivity index (χ3v) is 5.04. The summed E-state index contributed by atoms with van der Waals surface area (Å²) in [4.78, 5) is 2.63. The maximum absolute atomic E-state index is 10.6. The van der Waals surface area contributed by atoms with Crippen molar-refractivity contribution in [1.82, 2.24) is 10.2 Å². The van der Waals surface area contributed by atoms with E-state index in [-0.39, 0.29) is 0 Å². The second-order valence-corrected chi connectivity index (χ2v) is 6.73. The van der Waals surface area contributed by atoms with Crippen molar-refractivity contribution in [2.24, 2.45) is 0 Å². The van der Waals surface area contributed by atoms with Crippen molar-refractivity contribution >= 4 is 0 Å². The Morgan fingerprint density at radius 2 is 1.78 bits per heavy atom. The summed E-state index contributed by atoms with van der Waals surface area (Å²) in [6.45, 7) is 3.29. The van der Waals surface area contributed by atoms with Gasteiger partial charge in [-0.1, -0.05) is 25.7 Å². The fraction of sp³-hybridized carbons (Fsp3) is 1.00. The highest BCUT2D eigenvalue weighted by molar-refractivity contribution is 4.93. The Morgan fingerprint density at radius 3 is 2.44 bits per heavy atom. The van der Waals surface area contributed by atoms with Crippen molar-refractivity contribution in [2.75, 3.05) is 19.6 Å². The molecule has 0 aromatic heterocycles. The van der Waals surface area contributed by atoms with Crippen molar-refractivity contribution in [3.63, 3.8) is 0 Å². The van der Waals surface area contributed by atoms with Crippen LogP contribution in [0.5, 0.6) is 0 Å². The van der Waals surface area contributed by atoms with Gasteiger partial charge in [-0.2, -0.15) is 0 Å². The highest BCUT2D eigenvalue weighted by atomic mass is 16.3. The van der Waals surface area contributed by atoms with Crippen LogP contribution in [0.3, 0.4) is 0 Å². The molecule has 0 radical (unpaired) electrons. The standard InChI is InChI=1S/C15H28N2O/c18-15(8-3-1-2-4-9-15)12-16-13-7-10-17(11-13)14-5-6-14/h13-14,16,18H,1-12H2. The normalized spacial score (nSPS) is 33.5. The molecule has 3 aliphatic rings. The molecule has 0 aromatic carbocycles. The third kappa shape index (κ3) is 3.25. The Balaban J connectivity index is 1.42. The van der Waals surface area contributed by atoms with Crippen LogP contribution in [0.25, 0.3) is 0 Å². The highest BCUT2D eigenvalue weighted by Crippen LogP contribution is 2.30. The molecule has 0 spiro atoms. The SMILES string of the molecule is OC1(CNC2CCN(C3CC3)C2)CCCCCC1. The van der Waals surface area contributed by atoms with Crippen LogP contribution in [0.2, 0.25) is 0 Å². The van der Waals surface area contributed by atoms with E-state index in [9.17, 15) is 5.11 Å². The topological polar surface area (TPSA) is 35.5 Å². The second-order valence-electron chi connectivity index (χ2n) is 6.73. The van der Waals surface area contributed by atoms with E-state index in [4.69, 9.17) is 0 Å². The van der Waals surface area contributed by atoms with Gasteiger partial charge >= 0.3 is 0 Å². The summed E-state index contributed by atoms with van der Waals surface area (Å²) < 4.78 is 0. The zero-order valence-electron chi connectivity index (χ0n) is 11.5. The Bertz CT molecular complexity index is 270. The molecule has 0 bridgehead atoms. The zero-order chi connectivity index (χ0) is 12.4. The van der Waals surface area contributed by atoms with E-state index < -0.39 is 5.60 Å². The molecule has 3 nitrogen and oxygen atoms in total. The highest BCUT2D eigenvalue weighted by Gasteiger charge is 2.35. The molecule has 104 valence electrons. The first-order valence-electron chi connectivity index (χ1n) is 7.95. The minimum absolute atomic E-state index is 0.413. The number of aliphatic hydroxyl groups is 1. The van der Waals surface area contributed by atoms with Crippen molar-refractivity contribution in [1.29, 1.82) is 0 Å². The summed E-state index contributed by atoms with van der Waals surface area (Å²) in [5.41, 5.74) is -0.413. The molecule has 0 amide bonds. The first-order chi connectivity index (χ1) is 8.75. The van der Waals surface area contributed by atoms with E-state index in [1.165, 1.54) is 58.0 Å². The number of hydrogen-bond acceptors (Lipinski definition) is 3. The minimum Gasteiger partial charge on any atom is -0.389 e. The summed E-state index contributed by atoms with van der Waals surface area (Å²) >= 11 is 0. The summed E-state index contributed by atoms with van der Waals surface area (Å²) in [5.74, 6) is 0. The van der Waals surface area contributed by atoms with Crippen molar-refractivity contribution in [3.8, 4) is 0 Å². The van der Waals surface area contributed by atoms with Gasteiger partial charge in [0, 0.05) is 31.7 Å². The third-order valence-electron chi connectivity index (χ3n) is 5.04. The Morgan fingerprint density at radius 1 is 1.06 bits per heavy atom. The van der Waals surface area contributed by atoms with Crippen LogP contribution in [0.1, 0.15) is 57.8 Å². The van der Waals surface area contributed by atoms with E-state index in [1.807, 2.05) is 0 Å². The zero-order valence-corrected chi connectivity index (χ0v) is 11.5. The average molecular weight is 252 g/mol. The molecule has 3 rings (SSSR count). The molecule has 2 saturated carbocycles. The number of likely N-dealkylation sites (tertiary alicyclic amines) is 1.